The van der Waals surface area contributed by atoms with Crippen LogP contribution >= 0.6 is 0 Å². The third-order valence-electron chi connectivity index (χ3n) is 2.64. The summed E-state index contributed by atoms with van der Waals surface area (Å²) in [6, 6.07) is 0. The van der Waals surface area contributed by atoms with Gasteiger partial charge in [0.15, 0.2) is 0 Å². The molecule has 1 saturated heterocycles. The largest absolute Gasteiger partial charge is 0.396 e. The highest BCUT2D eigenvalue weighted by Crippen LogP contribution is 2.15. The summed E-state index contributed by atoms with van der Waals surface area (Å²) >= 11 is 0. The monoisotopic (exact) mass is 171 g/mol. The maximum Gasteiger partial charge on any atom is 0.0431 e. The van der Waals surface area contributed by atoms with E-state index in [0.29, 0.717) is 6.61 Å². The van der Waals surface area contributed by atoms with E-state index in [-0.39, 0.29) is 0 Å². The van der Waals surface area contributed by atoms with Crippen molar-refractivity contribution in [2.24, 2.45) is 5.92 Å². The predicted molar refractivity (Wildman–Crippen MR) is 51.2 cm³/mol. The number of unbranched alkanes of at least 4 members (excludes halogenated alkanes) is 2. The summed E-state index contributed by atoms with van der Waals surface area (Å²) < 4.78 is 0. The molecule has 0 amide bonds. The Balaban J connectivity index is 1.93. The second-order valence-electron chi connectivity index (χ2n) is 3.98. The summed E-state index contributed by atoms with van der Waals surface area (Å²) in [5, 5.41) is 8.59. The van der Waals surface area contributed by atoms with Gasteiger partial charge in [0, 0.05) is 13.2 Å². The van der Waals surface area contributed by atoms with Gasteiger partial charge in [-0.1, -0.05) is 6.92 Å². The number of aliphatic hydroxyl groups is 1. The Morgan fingerprint density at radius 1 is 1.33 bits per heavy atom. The van der Waals surface area contributed by atoms with Gasteiger partial charge < -0.3 is 10.0 Å². The molecular formula is C10H21NO. The number of likely N-dealkylation sites (tertiary alicyclic amines) is 1. The molecule has 0 aliphatic carbocycles. The maximum absolute atomic E-state index is 8.59. The van der Waals surface area contributed by atoms with Gasteiger partial charge in [0.05, 0.1) is 0 Å². The molecule has 72 valence electrons. The fourth-order valence-electron chi connectivity index (χ4n) is 1.85. The standard InChI is InChI=1S/C10H21NO/c1-10-5-7-11(9-10)6-3-2-4-8-12/h10,12H,2-9H2,1H3. The van der Waals surface area contributed by atoms with Gasteiger partial charge in [0.25, 0.3) is 0 Å². The van der Waals surface area contributed by atoms with Gasteiger partial charge in [-0.15, -0.1) is 0 Å². The zero-order valence-corrected chi connectivity index (χ0v) is 8.13. The molecule has 1 aliphatic heterocycles. The average Bonchev–Trinajstić information content (AvgIpc) is 2.45. The Bertz CT molecular complexity index is 116. The van der Waals surface area contributed by atoms with Gasteiger partial charge in [-0.2, -0.15) is 0 Å². The molecular weight excluding hydrogens is 150 g/mol. The summed E-state index contributed by atoms with van der Waals surface area (Å²) in [5.41, 5.74) is 0. The molecule has 1 fully saturated rings. The zero-order valence-electron chi connectivity index (χ0n) is 8.13. The van der Waals surface area contributed by atoms with E-state index in [1.54, 1.807) is 0 Å². The lowest BCUT2D eigenvalue weighted by atomic mass is 10.2. The Labute approximate surface area is 75.6 Å². The first-order chi connectivity index (χ1) is 5.83. The lowest BCUT2D eigenvalue weighted by Crippen LogP contribution is -2.21. The maximum atomic E-state index is 8.59. The fourth-order valence-corrected chi connectivity index (χ4v) is 1.85. The van der Waals surface area contributed by atoms with Crippen LogP contribution in [0.2, 0.25) is 0 Å². The molecule has 0 spiro atoms. The minimum Gasteiger partial charge on any atom is -0.396 e. The van der Waals surface area contributed by atoms with E-state index in [1.807, 2.05) is 0 Å². The minimum atomic E-state index is 0.358. The van der Waals surface area contributed by atoms with Crippen molar-refractivity contribution >= 4 is 0 Å². The quantitative estimate of drug-likeness (QED) is 0.633. The predicted octanol–water partition coefficient (Wildman–Crippen LogP) is 1.49. The van der Waals surface area contributed by atoms with Gasteiger partial charge in [0.2, 0.25) is 0 Å². The van der Waals surface area contributed by atoms with Crippen molar-refractivity contribution in [2.45, 2.75) is 32.6 Å². The summed E-state index contributed by atoms with van der Waals surface area (Å²) in [5.74, 6) is 0.905. The van der Waals surface area contributed by atoms with Crippen molar-refractivity contribution in [3.05, 3.63) is 0 Å². The van der Waals surface area contributed by atoms with Crippen LogP contribution in [0.15, 0.2) is 0 Å². The van der Waals surface area contributed by atoms with Crippen molar-refractivity contribution < 1.29 is 5.11 Å². The van der Waals surface area contributed by atoms with E-state index in [2.05, 4.69) is 11.8 Å². The van der Waals surface area contributed by atoms with Crippen LogP contribution in [0, 0.1) is 5.92 Å². The molecule has 2 heteroatoms. The third-order valence-corrected chi connectivity index (χ3v) is 2.64. The van der Waals surface area contributed by atoms with E-state index in [4.69, 9.17) is 5.11 Å². The normalized spacial score (nSPS) is 25.0. The molecule has 0 bridgehead atoms. The molecule has 1 rings (SSSR count). The van der Waals surface area contributed by atoms with Crippen molar-refractivity contribution in [3.8, 4) is 0 Å². The average molecular weight is 171 g/mol. The number of nitrogens with zero attached hydrogens (tertiary/aromatic N) is 1. The van der Waals surface area contributed by atoms with Gasteiger partial charge >= 0.3 is 0 Å². The molecule has 1 aliphatic rings. The Morgan fingerprint density at radius 3 is 2.75 bits per heavy atom. The molecule has 0 aromatic rings. The highest BCUT2D eigenvalue weighted by atomic mass is 16.2. The van der Waals surface area contributed by atoms with Crippen LogP contribution in [-0.2, 0) is 0 Å². The van der Waals surface area contributed by atoms with E-state index in [1.165, 1.54) is 38.9 Å². The lowest BCUT2D eigenvalue weighted by Gasteiger charge is -2.14. The van der Waals surface area contributed by atoms with Crippen molar-refractivity contribution in [1.82, 2.24) is 4.90 Å². The summed E-state index contributed by atoms with van der Waals surface area (Å²) in [7, 11) is 0. The number of aliphatic hydroxyl groups excluding tert-OH is 1. The number of hydrogen-bond acceptors (Lipinski definition) is 2. The van der Waals surface area contributed by atoms with Crippen LogP contribution in [-0.4, -0.2) is 36.2 Å². The Kier molecular flexibility index (Phi) is 4.62. The van der Waals surface area contributed by atoms with Crippen molar-refractivity contribution in [3.63, 3.8) is 0 Å². The molecule has 0 aromatic heterocycles. The molecule has 0 radical (unpaired) electrons. The van der Waals surface area contributed by atoms with E-state index in [9.17, 15) is 0 Å². The topological polar surface area (TPSA) is 23.5 Å². The third kappa shape index (κ3) is 3.55. The number of rotatable bonds is 5. The molecule has 12 heavy (non-hydrogen) atoms. The summed E-state index contributed by atoms with van der Waals surface area (Å²) in [6.45, 7) is 6.51. The minimum absolute atomic E-state index is 0.358. The summed E-state index contributed by atoms with van der Waals surface area (Å²) in [6.07, 6.45) is 4.79. The molecule has 1 unspecified atom stereocenters. The SMILES string of the molecule is CC1CCN(CCCCCO)C1. The molecule has 1 atom stereocenters. The first kappa shape index (κ1) is 10.0. The number of hydrogen-bond donors (Lipinski definition) is 1. The fraction of sp³-hybridized carbons (Fsp3) is 1.00. The van der Waals surface area contributed by atoms with Crippen LogP contribution in [0.5, 0.6) is 0 Å². The van der Waals surface area contributed by atoms with Crippen LogP contribution in [0.3, 0.4) is 0 Å². The zero-order chi connectivity index (χ0) is 8.81. The highest BCUT2D eigenvalue weighted by molar-refractivity contribution is 4.71. The van der Waals surface area contributed by atoms with Crippen LogP contribution in [0.4, 0.5) is 0 Å². The van der Waals surface area contributed by atoms with Gasteiger partial charge in [0.1, 0.15) is 0 Å². The van der Waals surface area contributed by atoms with Gasteiger partial charge in [-0.3, -0.25) is 0 Å². The summed E-state index contributed by atoms with van der Waals surface area (Å²) in [4.78, 5) is 2.54. The van der Waals surface area contributed by atoms with Crippen molar-refractivity contribution in [1.29, 1.82) is 0 Å². The van der Waals surface area contributed by atoms with E-state index in [0.717, 1.165) is 12.3 Å². The molecule has 1 N–H and O–H groups in total. The second kappa shape index (κ2) is 5.55. The second-order valence-corrected chi connectivity index (χ2v) is 3.98. The first-order valence-corrected chi connectivity index (χ1v) is 5.16. The molecule has 2 nitrogen and oxygen atoms in total. The van der Waals surface area contributed by atoms with Crippen LogP contribution < -0.4 is 0 Å². The van der Waals surface area contributed by atoms with Crippen LogP contribution in [0.1, 0.15) is 32.6 Å². The van der Waals surface area contributed by atoms with Gasteiger partial charge in [-0.05, 0) is 44.7 Å². The molecule has 0 aromatic carbocycles. The first-order valence-electron chi connectivity index (χ1n) is 5.16. The molecule has 0 saturated carbocycles. The Morgan fingerprint density at radius 2 is 2.17 bits per heavy atom. The molecule has 1 heterocycles. The lowest BCUT2D eigenvalue weighted by molar-refractivity contribution is 0.271. The smallest absolute Gasteiger partial charge is 0.0431 e. The van der Waals surface area contributed by atoms with Crippen LogP contribution in [0.25, 0.3) is 0 Å². The van der Waals surface area contributed by atoms with Gasteiger partial charge in [-0.25, -0.2) is 0 Å². The Hall–Kier alpha value is -0.0800. The van der Waals surface area contributed by atoms with Crippen molar-refractivity contribution in [2.75, 3.05) is 26.2 Å². The van der Waals surface area contributed by atoms with E-state index < -0.39 is 0 Å². The highest BCUT2D eigenvalue weighted by Gasteiger charge is 2.17. The van der Waals surface area contributed by atoms with E-state index >= 15 is 0 Å².